The van der Waals surface area contributed by atoms with Crippen molar-refractivity contribution in [1.29, 1.82) is 0 Å². The van der Waals surface area contributed by atoms with Gasteiger partial charge in [-0.1, -0.05) is 34.1 Å². The van der Waals surface area contributed by atoms with E-state index in [1.165, 1.54) is 0 Å². The van der Waals surface area contributed by atoms with Gasteiger partial charge in [0, 0.05) is 12.3 Å². The third kappa shape index (κ3) is 6.53. The third-order valence-corrected chi connectivity index (χ3v) is 2.97. The van der Waals surface area contributed by atoms with Crippen molar-refractivity contribution in [3.63, 3.8) is 0 Å². The second kappa shape index (κ2) is 8.86. The minimum absolute atomic E-state index is 0.124. The maximum Gasteiger partial charge on any atom is 0.174 e. The van der Waals surface area contributed by atoms with Crippen LogP contribution in [0.25, 0.3) is 0 Å². The zero-order valence-corrected chi connectivity index (χ0v) is 12.3. The molecule has 0 aromatic carbocycles. The highest BCUT2D eigenvalue weighted by molar-refractivity contribution is 6.20. The summed E-state index contributed by atoms with van der Waals surface area (Å²) in [6.07, 6.45) is 2.14. The summed E-state index contributed by atoms with van der Waals surface area (Å²) in [4.78, 5) is 24.0. The highest BCUT2D eigenvalue weighted by atomic mass is 16.3. The van der Waals surface area contributed by atoms with Gasteiger partial charge in [0.1, 0.15) is 0 Å². The molecule has 0 fully saturated rings. The molecule has 4 nitrogen and oxygen atoms in total. The van der Waals surface area contributed by atoms with Crippen molar-refractivity contribution in [2.45, 2.75) is 47.0 Å². The van der Waals surface area contributed by atoms with Crippen LogP contribution in [0.4, 0.5) is 0 Å². The highest BCUT2D eigenvalue weighted by Crippen LogP contribution is 2.18. The molecule has 0 aromatic heterocycles. The normalized spacial score (nSPS) is 13.9. The van der Waals surface area contributed by atoms with Gasteiger partial charge in [0.15, 0.2) is 11.6 Å². The molecule has 0 aliphatic heterocycles. The Labute approximate surface area is 115 Å². The van der Waals surface area contributed by atoms with E-state index in [-0.39, 0.29) is 30.3 Å². The van der Waals surface area contributed by atoms with Crippen molar-refractivity contribution >= 4 is 11.6 Å². The van der Waals surface area contributed by atoms with Crippen LogP contribution in [0.15, 0.2) is 11.8 Å². The SMILES string of the molecule is CC(C)CC[C@@H](CO)C(=O)/C(=C/O)C(=O)CC(C)C. The first kappa shape index (κ1) is 17.8. The fraction of sp³-hybridized carbons (Fsp3) is 0.733. The maximum atomic E-state index is 12.1. The van der Waals surface area contributed by atoms with Crippen LogP contribution >= 0.6 is 0 Å². The lowest BCUT2D eigenvalue weighted by molar-refractivity contribution is -0.125. The number of aliphatic hydroxyl groups excluding tert-OH is 2. The summed E-state index contributed by atoms with van der Waals surface area (Å²) in [6.45, 7) is 7.52. The first-order valence-electron chi connectivity index (χ1n) is 6.86. The predicted molar refractivity (Wildman–Crippen MR) is 74.8 cm³/mol. The Kier molecular flexibility index (Phi) is 8.32. The molecule has 2 N–H and O–H groups in total. The third-order valence-electron chi connectivity index (χ3n) is 2.97. The number of hydrogen-bond acceptors (Lipinski definition) is 4. The van der Waals surface area contributed by atoms with Crippen molar-refractivity contribution in [2.24, 2.45) is 17.8 Å². The molecule has 0 radical (unpaired) electrons. The molecule has 0 unspecified atom stereocenters. The molecule has 19 heavy (non-hydrogen) atoms. The van der Waals surface area contributed by atoms with E-state index in [0.717, 1.165) is 6.42 Å². The molecule has 0 saturated heterocycles. The van der Waals surface area contributed by atoms with Crippen molar-refractivity contribution in [2.75, 3.05) is 6.61 Å². The Hall–Kier alpha value is -1.16. The summed E-state index contributed by atoms with van der Waals surface area (Å²) >= 11 is 0. The van der Waals surface area contributed by atoms with Crippen LogP contribution in [0, 0.1) is 17.8 Å². The molecule has 4 heteroatoms. The molecule has 0 amide bonds. The molecule has 110 valence electrons. The van der Waals surface area contributed by atoms with Crippen LogP contribution in [0.5, 0.6) is 0 Å². The summed E-state index contributed by atoms with van der Waals surface area (Å²) in [5.41, 5.74) is -0.184. The average molecular weight is 270 g/mol. The van der Waals surface area contributed by atoms with E-state index < -0.39 is 11.7 Å². The first-order chi connectivity index (χ1) is 8.83. The molecule has 0 heterocycles. The van der Waals surface area contributed by atoms with Crippen molar-refractivity contribution < 1.29 is 19.8 Å². The van der Waals surface area contributed by atoms with Gasteiger partial charge in [-0.2, -0.15) is 0 Å². The van der Waals surface area contributed by atoms with Gasteiger partial charge in [-0.05, 0) is 18.3 Å². The molecule has 0 rings (SSSR count). The van der Waals surface area contributed by atoms with Crippen LogP contribution in [0.3, 0.4) is 0 Å². The fourth-order valence-electron chi connectivity index (χ4n) is 1.81. The summed E-state index contributed by atoms with van der Waals surface area (Å²) in [5, 5.41) is 18.4. The van der Waals surface area contributed by atoms with E-state index in [4.69, 9.17) is 5.11 Å². The lowest BCUT2D eigenvalue weighted by Crippen LogP contribution is -2.25. The van der Waals surface area contributed by atoms with E-state index >= 15 is 0 Å². The Balaban J connectivity index is 4.76. The second-order valence-electron chi connectivity index (χ2n) is 5.78. The van der Waals surface area contributed by atoms with E-state index in [9.17, 15) is 14.7 Å². The van der Waals surface area contributed by atoms with Gasteiger partial charge in [0.25, 0.3) is 0 Å². The lowest BCUT2D eigenvalue weighted by Gasteiger charge is -2.15. The van der Waals surface area contributed by atoms with Crippen LogP contribution in [0.2, 0.25) is 0 Å². The zero-order valence-electron chi connectivity index (χ0n) is 12.3. The first-order valence-corrected chi connectivity index (χ1v) is 6.86. The molecule has 0 aliphatic carbocycles. The summed E-state index contributed by atoms with van der Waals surface area (Å²) in [5.74, 6) is -0.855. The number of carbonyl (C=O) groups excluding carboxylic acids is 2. The largest absolute Gasteiger partial charge is 0.515 e. The quantitative estimate of drug-likeness (QED) is 0.292. The van der Waals surface area contributed by atoms with Crippen LogP contribution in [-0.2, 0) is 9.59 Å². The van der Waals surface area contributed by atoms with Crippen LogP contribution in [-0.4, -0.2) is 28.4 Å². The molecular formula is C15H26O4. The Morgan fingerprint density at radius 3 is 2.00 bits per heavy atom. The number of aliphatic hydroxyl groups is 2. The molecule has 0 spiro atoms. The molecular weight excluding hydrogens is 244 g/mol. The topological polar surface area (TPSA) is 74.6 Å². The fourth-order valence-corrected chi connectivity index (χ4v) is 1.81. The maximum absolute atomic E-state index is 12.1. The molecule has 0 bridgehead atoms. The smallest absolute Gasteiger partial charge is 0.174 e. The van der Waals surface area contributed by atoms with Crippen molar-refractivity contribution in [1.82, 2.24) is 0 Å². The Morgan fingerprint density at radius 1 is 1.05 bits per heavy atom. The number of carbonyl (C=O) groups is 2. The van der Waals surface area contributed by atoms with E-state index in [0.29, 0.717) is 18.6 Å². The van der Waals surface area contributed by atoms with E-state index in [2.05, 4.69) is 0 Å². The van der Waals surface area contributed by atoms with Crippen molar-refractivity contribution in [3.8, 4) is 0 Å². The number of Topliss-reactive ketones (excluding diaryl/α,β-unsaturated/α-hetero) is 2. The van der Waals surface area contributed by atoms with Crippen LogP contribution in [0.1, 0.15) is 47.0 Å². The molecule has 0 aliphatic rings. The van der Waals surface area contributed by atoms with Gasteiger partial charge in [-0.15, -0.1) is 0 Å². The van der Waals surface area contributed by atoms with Gasteiger partial charge < -0.3 is 10.2 Å². The van der Waals surface area contributed by atoms with Crippen molar-refractivity contribution in [3.05, 3.63) is 11.8 Å². The summed E-state index contributed by atoms with van der Waals surface area (Å²) in [7, 11) is 0. The van der Waals surface area contributed by atoms with Gasteiger partial charge >= 0.3 is 0 Å². The predicted octanol–water partition coefficient (Wildman–Crippen LogP) is 2.66. The van der Waals surface area contributed by atoms with E-state index in [1.807, 2.05) is 27.7 Å². The average Bonchev–Trinajstić information content (AvgIpc) is 2.29. The standard InChI is InChI=1S/C15H26O4/c1-10(2)5-6-12(8-16)15(19)13(9-17)14(18)7-11(3)4/h9-12,16-17H,5-8H2,1-4H3/b13-9+/t12-/m0/s1. The number of hydrogen-bond donors (Lipinski definition) is 2. The van der Waals surface area contributed by atoms with Gasteiger partial charge in [-0.3, -0.25) is 9.59 Å². The van der Waals surface area contributed by atoms with Crippen LogP contribution < -0.4 is 0 Å². The minimum atomic E-state index is -0.600. The Morgan fingerprint density at radius 2 is 1.63 bits per heavy atom. The number of rotatable bonds is 9. The highest BCUT2D eigenvalue weighted by Gasteiger charge is 2.26. The van der Waals surface area contributed by atoms with E-state index in [1.54, 1.807) is 0 Å². The summed E-state index contributed by atoms with van der Waals surface area (Å²) < 4.78 is 0. The summed E-state index contributed by atoms with van der Waals surface area (Å²) in [6, 6.07) is 0. The van der Waals surface area contributed by atoms with Gasteiger partial charge in [0.05, 0.1) is 18.4 Å². The van der Waals surface area contributed by atoms with Gasteiger partial charge in [-0.25, -0.2) is 0 Å². The second-order valence-corrected chi connectivity index (χ2v) is 5.78. The molecule has 1 atom stereocenters. The zero-order chi connectivity index (χ0) is 15.0. The van der Waals surface area contributed by atoms with Gasteiger partial charge in [0.2, 0.25) is 0 Å². The monoisotopic (exact) mass is 270 g/mol. The molecule has 0 aromatic rings. The lowest BCUT2D eigenvalue weighted by atomic mass is 9.88. The number of allylic oxidation sites excluding steroid dienone is 1. The molecule has 0 saturated carbocycles. The Bertz CT molecular complexity index is 329. The number of ketones is 2. The minimum Gasteiger partial charge on any atom is -0.515 e.